The predicted molar refractivity (Wildman–Crippen MR) is 80.4 cm³/mol. The van der Waals surface area contributed by atoms with Gasteiger partial charge in [-0.3, -0.25) is 4.68 Å². The topological polar surface area (TPSA) is 39.1 Å². The Morgan fingerprint density at radius 3 is 2.84 bits per heavy atom. The first-order chi connectivity index (χ1) is 9.13. The molecular weight excluding hydrogens is 306 g/mol. The summed E-state index contributed by atoms with van der Waals surface area (Å²) in [6.45, 7) is 6.06. The van der Waals surface area contributed by atoms with Crippen molar-refractivity contribution < 1.29 is 4.74 Å². The van der Waals surface area contributed by atoms with Crippen LogP contribution in [0.25, 0.3) is 0 Å². The molecule has 1 fully saturated rings. The van der Waals surface area contributed by atoms with Crippen LogP contribution in [0.1, 0.15) is 37.6 Å². The summed E-state index contributed by atoms with van der Waals surface area (Å²) in [4.78, 5) is 0. The molecule has 19 heavy (non-hydrogen) atoms. The Labute approximate surface area is 124 Å². The lowest BCUT2D eigenvalue weighted by Gasteiger charge is -2.31. The number of halogens is 1. The van der Waals surface area contributed by atoms with E-state index in [1.54, 1.807) is 0 Å². The quantitative estimate of drug-likeness (QED) is 0.902. The third-order valence-corrected chi connectivity index (χ3v) is 4.84. The smallest absolute Gasteiger partial charge is 0.0738 e. The summed E-state index contributed by atoms with van der Waals surface area (Å²) in [6, 6.07) is 0.372. The van der Waals surface area contributed by atoms with Crippen LogP contribution >= 0.6 is 15.9 Å². The Morgan fingerprint density at radius 2 is 2.32 bits per heavy atom. The van der Waals surface area contributed by atoms with E-state index in [1.807, 2.05) is 18.7 Å². The maximum Gasteiger partial charge on any atom is 0.0738 e. The molecule has 1 saturated heterocycles. The van der Waals surface area contributed by atoms with Crippen LogP contribution in [0.2, 0.25) is 0 Å². The normalized spacial score (nSPS) is 21.6. The number of nitrogens with zero attached hydrogens (tertiary/aromatic N) is 2. The summed E-state index contributed by atoms with van der Waals surface area (Å²) in [5, 5.41) is 8.05. The van der Waals surface area contributed by atoms with Gasteiger partial charge in [-0.15, -0.1) is 0 Å². The highest BCUT2D eigenvalue weighted by Crippen LogP contribution is 2.24. The van der Waals surface area contributed by atoms with E-state index >= 15 is 0 Å². The number of aromatic nitrogens is 2. The lowest BCUT2D eigenvalue weighted by molar-refractivity contribution is -0.00745. The molecule has 0 radical (unpaired) electrons. The van der Waals surface area contributed by atoms with E-state index in [0.717, 1.165) is 36.2 Å². The van der Waals surface area contributed by atoms with E-state index in [9.17, 15) is 0 Å². The number of rotatable bonds is 5. The molecule has 0 aromatic carbocycles. The average Bonchev–Trinajstić information content (AvgIpc) is 2.65. The van der Waals surface area contributed by atoms with E-state index in [2.05, 4.69) is 33.3 Å². The molecule has 2 atom stereocenters. The minimum Gasteiger partial charge on any atom is -0.377 e. The first-order valence-corrected chi connectivity index (χ1v) is 7.95. The summed E-state index contributed by atoms with van der Waals surface area (Å²) in [5.41, 5.74) is 2.30. The Morgan fingerprint density at radius 1 is 1.53 bits per heavy atom. The predicted octanol–water partition coefficient (Wildman–Crippen LogP) is 2.58. The fourth-order valence-corrected chi connectivity index (χ4v) is 3.29. The molecule has 0 amide bonds. The molecule has 0 bridgehead atoms. The molecule has 1 aromatic heterocycles. The van der Waals surface area contributed by atoms with Crippen molar-refractivity contribution in [2.75, 3.05) is 13.2 Å². The van der Waals surface area contributed by atoms with Gasteiger partial charge in [0, 0.05) is 26.1 Å². The zero-order valence-electron chi connectivity index (χ0n) is 12.1. The maximum atomic E-state index is 5.94. The van der Waals surface area contributed by atoms with Crippen LogP contribution in [-0.2, 0) is 18.2 Å². The zero-order valence-corrected chi connectivity index (χ0v) is 13.7. The lowest BCUT2D eigenvalue weighted by atomic mass is 9.98. The van der Waals surface area contributed by atoms with Crippen molar-refractivity contribution >= 4 is 15.9 Å². The van der Waals surface area contributed by atoms with Crippen LogP contribution in [-0.4, -0.2) is 35.1 Å². The summed E-state index contributed by atoms with van der Waals surface area (Å²) in [7, 11) is 2.01. The number of likely N-dealkylation sites (N-methyl/N-ethyl adjacent to an activating group) is 1. The number of ether oxygens (including phenoxy) is 1. The molecule has 0 saturated carbocycles. The van der Waals surface area contributed by atoms with Crippen molar-refractivity contribution in [3.63, 3.8) is 0 Å². The third-order valence-electron chi connectivity index (χ3n) is 3.80. The Hall–Kier alpha value is -0.390. The molecule has 4 nitrogen and oxygen atoms in total. The number of hydrogen-bond acceptors (Lipinski definition) is 3. The van der Waals surface area contributed by atoms with Gasteiger partial charge in [-0.25, -0.2) is 0 Å². The Balaban J connectivity index is 2.11. The minimum absolute atomic E-state index is 0.329. The van der Waals surface area contributed by atoms with Crippen molar-refractivity contribution in [3.05, 3.63) is 15.9 Å². The monoisotopic (exact) mass is 329 g/mol. The Kier molecular flexibility index (Phi) is 5.42. The van der Waals surface area contributed by atoms with Crippen LogP contribution < -0.4 is 5.32 Å². The highest BCUT2D eigenvalue weighted by Gasteiger charge is 2.26. The van der Waals surface area contributed by atoms with E-state index in [4.69, 9.17) is 4.74 Å². The maximum absolute atomic E-state index is 5.94. The van der Waals surface area contributed by atoms with Gasteiger partial charge < -0.3 is 10.1 Å². The molecule has 108 valence electrons. The molecule has 1 aromatic rings. The molecular formula is C14H24BrN3O. The second-order valence-electron chi connectivity index (χ2n) is 5.24. The standard InChI is InChI=1S/C14H24BrN3O/c1-4-16-11(13-7-5-6-8-19-13)9-12-14(15)10(2)17-18(12)3/h11,13,16H,4-9H2,1-3H3. The van der Waals surface area contributed by atoms with Gasteiger partial charge in [0.1, 0.15) is 0 Å². The van der Waals surface area contributed by atoms with E-state index in [1.165, 1.54) is 18.5 Å². The highest BCUT2D eigenvalue weighted by molar-refractivity contribution is 9.10. The Bertz CT molecular complexity index is 413. The van der Waals surface area contributed by atoms with Gasteiger partial charge in [0.2, 0.25) is 0 Å². The molecule has 2 unspecified atom stereocenters. The molecule has 2 heterocycles. The average molecular weight is 330 g/mol. The largest absolute Gasteiger partial charge is 0.377 e. The highest BCUT2D eigenvalue weighted by atomic mass is 79.9. The molecule has 0 spiro atoms. The van der Waals surface area contributed by atoms with Crippen molar-refractivity contribution in [3.8, 4) is 0 Å². The molecule has 2 rings (SSSR count). The van der Waals surface area contributed by atoms with Crippen LogP contribution in [0, 0.1) is 6.92 Å². The van der Waals surface area contributed by atoms with Crippen LogP contribution in [0.3, 0.4) is 0 Å². The summed E-state index contributed by atoms with van der Waals surface area (Å²) in [6.07, 6.45) is 4.92. The van der Waals surface area contributed by atoms with Gasteiger partial charge in [0.05, 0.1) is 22.0 Å². The van der Waals surface area contributed by atoms with E-state index < -0.39 is 0 Å². The van der Waals surface area contributed by atoms with Crippen molar-refractivity contribution in [1.82, 2.24) is 15.1 Å². The molecule has 1 aliphatic rings. The van der Waals surface area contributed by atoms with Gasteiger partial charge in [0.25, 0.3) is 0 Å². The van der Waals surface area contributed by atoms with Crippen LogP contribution in [0.15, 0.2) is 4.47 Å². The van der Waals surface area contributed by atoms with Gasteiger partial charge >= 0.3 is 0 Å². The molecule has 1 N–H and O–H groups in total. The van der Waals surface area contributed by atoms with Gasteiger partial charge in [-0.2, -0.15) is 5.10 Å². The van der Waals surface area contributed by atoms with Crippen molar-refractivity contribution in [2.45, 2.75) is 51.7 Å². The molecule has 0 aliphatic carbocycles. The first kappa shape index (κ1) is 15.0. The number of aryl methyl sites for hydroxylation is 2. The van der Waals surface area contributed by atoms with E-state index in [-0.39, 0.29) is 0 Å². The summed E-state index contributed by atoms with van der Waals surface area (Å²) in [5.74, 6) is 0. The SMILES string of the molecule is CCNC(Cc1c(Br)c(C)nn1C)C1CCCCO1. The van der Waals surface area contributed by atoms with Crippen LogP contribution in [0.4, 0.5) is 0 Å². The molecule has 5 heteroatoms. The zero-order chi connectivity index (χ0) is 13.8. The summed E-state index contributed by atoms with van der Waals surface area (Å²) < 4.78 is 9.06. The van der Waals surface area contributed by atoms with Gasteiger partial charge in [-0.05, 0) is 48.7 Å². The summed E-state index contributed by atoms with van der Waals surface area (Å²) >= 11 is 3.65. The second kappa shape index (κ2) is 6.86. The van der Waals surface area contributed by atoms with Gasteiger partial charge in [0.15, 0.2) is 0 Å². The van der Waals surface area contributed by atoms with Crippen molar-refractivity contribution in [2.24, 2.45) is 7.05 Å². The lowest BCUT2D eigenvalue weighted by Crippen LogP contribution is -2.44. The van der Waals surface area contributed by atoms with E-state index in [0.29, 0.717) is 12.1 Å². The minimum atomic E-state index is 0.329. The first-order valence-electron chi connectivity index (χ1n) is 7.16. The second-order valence-corrected chi connectivity index (χ2v) is 6.04. The molecule has 1 aliphatic heterocycles. The van der Waals surface area contributed by atoms with Crippen molar-refractivity contribution in [1.29, 1.82) is 0 Å². The number of nitrogens with one attached hydrogen (secondary N) is 1. The van der Waals surface area contributed by atoms with Gasteiger partial charge in [-0.1, -0.05) is 6.92 Å². The van der Waals surface area contributed by atoms with Crippen LogP contribution in [0.5, 0.6) is 0 Å². The third kappa shape index (κ3) is 3.58. The fraction of sp³-hybridized carbons (Fsp3) is 0.786. The fourth-order valence-electron chi connectivity index (χ4n) is 2.79. The number of hydrogen-bond donors (Lipinski definition) is 1.